The minimum absolute atomic E-state index is 0.0605. The smallest absolute Gasteiger partial charge is 0.207 e. The van der Waals surface area contributed by atoms with Crippen LogP contribution in [0.1, 0.15) is 51.1 Å². The van der Waals surface area contributed by atoms with Crippen LogP contribution in [-0.2, 0) is 10.0 Å². The maximum Gasteiger partial charge on any atom is 0.241 e. The maximum atomic E-state index is 13.3. The molecular weight excluding hydrogens is 437 g/mol. The molecule has 2 fully saturated rings. The van der Waals surface area contributed by atoms with Gasteiger partial charge in [-0.25, -0.2) is 13.1 Å². The van der Waals surface area contributed by atoms with Crippen molar-refractivity contribution in [2.45, 2.75) is 60.2 Å². The van der Waals surface area contributed by atoms with Gasteiger partial charge in [0.1, 0.15) is 0 Å². The first kappa shape index (κ1) is 22.1. The number of hydrogen-bond donors (Lipinski definition) is 1. The van der Waals surface area contributed by atoms with E-state index in [1.807, 2.05) is 36.4 Å². The van der Waals surface area contributed by atoms with Crippen molar-refractivity contribution < 1.29 is 8.42 Å². The molecule has 0 heterocycles. The van der Waals surface area contributed by atoms with Gasteiger partial charge in [0.15, 0.2) is 0 Å². The molecular formula is C24H29Cl2NO2S. The fourth-order valence-electron chi connectivity index (χ4n) is 5.99. The molecule has 0 radical (unpaired) electrons. The van der Waals surface area contributed by atoms with Gasteiger partial charge in [-0.1, -0.05) is 55.5 Å². The molecule has 0 amide bonds. The molecule has 2 bridgehead atoms. The van der Waals surface area contributed by atoms with Crippen molar-refractivity contribution in [3.05, 3.63) is 66.2 Å². The number of nitrogens with one attached hydrogen (secondary N) is 1. The number of sulfonamides is 1. The van der Waals surface area contributed by atoms with Gasteiger partial charge in [0, 0.05) is 10.8 Å². The number of alkyl halides is 2. The second-order valence-corrected chi connectivity index (χ2v) is 12.8. The van der Waals surface area contributed by atoms with Gasteiger partial charge in [-0.05, 0) is 62.1 Å². The first-order valence-electron chi connectivity index (χ1n) is 10.6. The Kier molecular flexibility index (Phi) is 6.00. The normalized spacial score (nSPS) is 35.0. The molecule has 2 aliphatic rings. The lowest BCUT2D eigenvalue weighted by molar-refractivity contribution is 0.0553. The highest BCUT2D eigenvalue weighted by Gasteiger charge is 2.56. The highest BCUT2D eigenvalue weighted by Crippen LogP contribution is 2.59. The Hall–Kier alpha value is -1.07. The summed E-state index contributed by atoms with van der Waals surface area (Å²) in [6.45, 7) is 4.27. The number of fused-ring (bicyclic) bond motifs is 2. The Bertz CT molecular complexity index is 981. The molecule has 6 heteroatoms. The van der Waals surface area contributed by atoms with Crippen LogP contribution in [0.25, 0.3) is 0 Å². The second kappa shape index (κ2) is 8.12. The number of rotatable bonds is 5. The van der Waals surface area contributed by atoms with Crippen LogP contribution in [0.4, 0.5) is 0 Å². The number of halogens is 2. The van der Waals surface area contributed by atoms with Gasteiger partial charge in [0.25, 0.3) is 0 Å². The van der Waals surface area contributed by atoms with Crippen LogP contribution in [0.15, 0.2) is 65.6 Å². The van der Waals surface area contributed by atoms with Crippen molar-refractivity contribution in [3.63, 3.8) is 0 Å². The van der Waals surface area contributed by atoms with Gasteiger partial charge in [-0.2, -0.15) is 0 Å². The monoisotopic (exact) mass is 465 g/mol. The Morgan fingerprint density at radius 2 is 1.60 bits per heavy atom. The molecule has 1 N–H and O–H groups in total. The number of benzene rings is 2. The largest absolute Gasteiger partial charge is 0.241 e. The molecule has 4 rings (SSSR count). The van der Waals surface area contributed by atoms with Gasteiger partial charge in [0.2, 0.25) is 10.0 Å². The zero-order valence-electron chi connectivity index (χ0n) is 17.4. The fraction of sp³-hybridized carbons (Fsp3) is 0.500. The highest BCUT2D eigenvalue weighted by molar-refractivity contribution is 7.89. The van der Waals surface area contributed by atoms with Gasteiger partial charge in [-0.3, -0.25) is 0 Å². The first-order valence-corrected chi connectivity index (χ1v) is 12.8. The van der Waals surface area contributed by atoms with Crippen LogP contribution in [0.3, 0.4) is 0 Å². The molecule has 3 nitrogen and oxygen atoms in total. The third kappa shape index (κ3) is 4.43. The van der Waals surface area contributed by atoms with E-state index in [0.717, 1.165) is 24.8 Å². The molecule has 2 saturated carbocycles. The molecule has 2 aliphatic carbocycles. The summed E-state index contributed by atoms with van der Waals surface area (Å²) < 4.78 is 29.6. The molecule has 2 aromatic carbocycles. The van der Waals surface area contributed by atoms with E-state index < -0.39 is 20.9 Å². The van der Waals surface area contributed by atoms with Crippen LogP contribution in [-0.4, -0.2) is 18.2 Å². The average Bonchev–Trinajstić information content (AvgIpc) is 2.66. The predicted octanol–water partition coefficient (Wildman–Crippen LogP) is 6.14. The van der Waals surface area contributed by atoms with Crippen molar-refractivity contribution >= 4 is 33.2 Å². The van der Waals surface area contributed by atoms with E-state index in [1.165, 1.54) is 0 Å². The van der Waals surface area contributed by atoms with E-state index >= 15 is 0 Å². The SMILES string of the molecule is CC1CC2CC(C)(Cl)CC(Cl)(C2)C1C(NS(=O)(=O)c1ccccc1)c1ccccc1. The van der Waals surface area contributed by atoms with Crippen LogP contribution in [0.2, 0.25) is 0 Å². The standard InChI is InChI=1S/C24H29Cl2NO2S/c1-17-13-18-14-23(2,25)16-24(26,15-18)21(17)22(19-9-5-3-6-10-19)27-30(28,29)20-11-7-4-8-12-20/h3-12,17-18,21-22,27H,13-16H2,1-2H3. The van der Waals surface area contributed by atoms with Crippen LogP contribution in [0.5, 0.6) is 0 Å². The van der Waals surface area contributed by atoms with Crippen LogP contribution < -0.4 is 4.72 Å². The summed E-state index contributed by atoms with van der Waals surface area (Å²) in [6, 6.07) is 17.9. The van der Waals surface area contributed by atoms with E-state index in [9.17, 15) is 8.42 Å². The average molecular weight is 466 g/mol. The van der Waals surface area contributed by atoms with Crippen LogP contribution in [0, 0.1) is 17.8 Å². The summed E-state index contributed by atoms with van der Waals surface area (Å²) >= 11 is 14.2. The summed E-state index contributed by atoms with van der Waals surface area (Å²) in [5.41, 5.74) is 0.939. The molecule has 0 spiro atoms. The molecule has 2 aromatic rings. The minimum Gasteiger partial charge on any atom is -0.207 e. The van der Waals surface area contributed by atoms with Gasteiger partial charge >= 0.3 is 0 Å². The fourth-order valence-corrected chi connectivity index (χ4v) is 8.63. The third-order valence-corrected chi connectivity index (χ3v) is 9.06. The van der Waals surface area contributed by atoms with Gasteiger partial charge < -0.3 is 0 Å². The summed E-state index contributed by atoms with van der Waals surface area (Å²) in [7, 11) is -3.70. The van der Waals surface area contributed by atoms with Crippen molar-refractivity contribution in [2.75, 3.05) is 0 Å². The summed E-state index contributed by atoms with van der Waals surface area (Å²) in [5.74, 6) is 0.694. The molecule has 30 heavy (non-hydrogen) atoms. The van der Waals surface area contributed by atoms with Gasteiger partial charge in [0.05, 0.1) is 15.8 Å². The highest BCUT2D eigenvalue weighted by atomic mass is 35.5. The van der Waals surface area contributed by atoms with Crippen molar-refractivity contribution in [3.8, 4) is 0 Å². The lowest BCUT2D eigenvalue weighted by atomic mass is 9.57. The second-order valence-electron chi connectivity index (χ2n) is 9.46. The Balaban J connectivity index is 1.76. The lowest BCUT2D eigenvalue weighted by Gasteiger charge is -2.56. The zero-order valence-corrected chi connectivity index (χ0v) is 19.7. The van der Waals surface area contributed by atoms with Crippen molar-refractivity contribution in [2.24, 2.45) is 17.8 Å². The van der Waals surface area contributed by atoms with Crippen molar-refractivity contribution in [1.82, 2.24) is 4.72 Å². The van der Waals surface area contributed by atoms with Crippen molar-refractivity contribution in [1.29, 1.82) is 0 Å². The van der Waals surface area contributed by atoms with E-state index in [2.05, 4.69) is 18.6 Å². The summed E-state index contributed by atoms with van der Waals surface area (Å²) in [4.78, 5) is -0.638. The maximum absolute atomic E-state index is 13.3. The predicted molar refractivity (Wildman–Crippen MR) is 123 cm³/mol. The molecule has 0 aromatic heterocycles. The molecule has 162 valence electrons. The van der Waals surface area contributed by atoms with E-state index in [1.54, 1.807) is 24.3 Å². The Morgan fingerprint density at radius 3 is 2.23 bits per heavy atom. The third-order valence-electron chi connectivity index (χ3n) is 6.77. The molecule has 0 aliphatic heterocycles. The van der Waals surface area contributed by atoms with Crippen LogP contribution >= 0.6 is 23.2 Å². The quantitative estimate of drug-likeness (QED) is 0.539. The number of hydrogen-bond acceptors (Lipinski definition) is 2. The minimum atomic E-state index is -3.70. The lowest BCUT2D eigenvalue weighted by Crippen LogP contribution is -2.55. The van der Waals surface area contributed by atoms with E-state index in [-0.39, 0.29) is 21.6 Å². The zero-order chi connectivity index (χ0) is 21.6. The topological polar surface area (TPSA) is 46.2 Å². The first-order chi connectivity index (χ1) is 14.1. The van der Waals surface area contributed by atoms with Gasteiger partial charge in [-0.15, -0.1) is 23.2 Å². The summed E-state index contributed by atoms with van der Waals surface area (Å²) in [6.07, 6.45) is 3.52. The molecule has 0 saturated heterocycles. The van der Waals surface area contributed by atoms with E-state index in [4.69, 9.17) is 23.2 Å². The Labute approximate surface area is 190 Å². The summed E-state index contributed by atoms with van der Waals surface area (Å²) in [5, 5.41) is 0. The Morgan fingerprint density at radius 1 is 1.00 bits per heavy atom. The van der Waals surface area contributed by atoms with E-state index in [0.29, 0.717) is 12.3 Å². The molecule has 6 unspecified atom stereocenters. The molecule has 6 atom stereocenters.